The van der Waals surface area contributed by atoms with Crippen LogP contribution in [0.3, 0.4) is 0 Å². The van der Waals surface area contributed by atoms with Gasteiger partial charge in [-0.25, -0.2) is 4.79 Å². The topological polar surface area (TPSA) is 67.2 Å². The van der Waals surface area contributed by atoms with Crippen molar-refractivity contribution in [1.82, 2.24) is 10.6 Å². The summed E-state index contributed by atoms with van der Waals surface area (Å²) in [5.41, 5.74) is 5.78. The van der Waals surface area contributed by atoms with E-state index < -0.39 is 0 Å². The smallest absolute Gasteiger partial charge is 0.315 e. The molecule has 1 aliphatic rings. The van der Waals surface area contributed by atoms with Gasteiger partial charge in [0, 0.05) is 18.1 Å². The second kappa shape index (κ2) is 5.35. The Hall–Kier alpha value is -0.770. The number of carbonyl (C=O) groups excluding carboxylic acids is 1. The first-order chi connectivity index (χ1) is 7.06. The quantitative estimate of drug-likeness (QED) is 0.662. The van der Waals surface area contributed by atoms with Crippen molar-refractivity contribution in [3.05, 3.63) is 0 Å². The first-order valence-electron chi connectivity index (χ1n) is 5.87. The van der Waals surface area contributed by atoms with E-state index in [4.69, 9.17) is 5.73 Å². The van der Waals surface area contributed by atoms with E-state index in [0.29, 0.717) is 6.04 Å². The number of amides is 2. The van der Waals surface area contributed by atoms with E-state index in [1.807, 2.05) is 6.92 Å². The van der Waals surface area contributed by atoms with Gasteiger partial charge in [0.25, 0.3) is 0 Å². The Morgan fingerprint density at radius 1 is 1.47 bits per heavy atom. The summed E-state index contributed by atoms with van der Waals surface area (Å²) in [4.78, 5) is 11.5. The second-order valence-corrected chi connectivity index (χ2v) is 4.78. The van der Waals surface area contributed by atoms with Gasteiger partial charge in [0.05, 0.1) is 0 Å². The van der Waals surface area contributed by atoms with Gasteiger partial charge in [-0.15, -0.1) is 0 Å². The molecule has 0 unspecified atom stereocenters. The molecule has 4 heteroatoms. The summed E-state index contributed by atoms with van der Waals surface area (Å²) in [6, 6.07) is 0.272. The lowest BCUT2D eigenvalue weighted by molar-refractivity contribution is 0.206. The molecule has 15 heavy (non-hydrogen) atoms. The molecule has 1 saturated carbocycles. The molecule has 1 fully saturated rings. The molecule has 0 aromatic rings. The zero-order valence-electron chi connectivity index (χ0n) is 9.81. The van der Waals surface area contributed by atoms with E-state index in [9.17, 15) is 4.79 Å². The predicted octanol–water partition coefficient (Wildman–Crippen LogP) is 1.36. The fraction of sp³-hybridized carbons (Fsp3) is 0.909. The van der Waals surface area contributed by atoms with Crippen molar-refractivity contribution in [2.45, 2.75) is 57.5 Å². The Labute approximate surface area is 92.0 Å². The molecule has 1 rings (SSSR count). The monoisotopic (exact) mass is 213 g/mol. The normalized spacial score (nSPS) is 31.0. The molecule has 0 aromatic carbocycles. The van der Waals surface area contributed by atoms with Gasteiger partial charge in [-0.3, -0.25) is 0 Å². The Kier molecular flexibility index (Phi) is 4.39. The van der Waals surface area contributed by atoms with Gasteiger partial charge in [-0.05, 0) is 39.0 Å². The van der Waals surface area contributed by atoms with Crippen LogP contribution in [0.25, 0.3) is 0 Å². The maximum atomic E-state index is 11.5. The van der Waals surface area contributed by atoms with Gasteiger partial charge >= 0.3 is 6.03 Å². The third-order valence-electron chi connectivity index (χ3n) is 3.08. The minimum absolute atomic E-state index is 0.0465. The van der Waals surface area contributed by atoms with Gasteiger partial charge in [-0.2, -0.15) is 0 Å². The zero-order valence-corrected chi connectivity index (χ0v) is 9.81. The number of hydrogen-bond donors (Lipinski definition) is 3. The molecule has 4 nitrogen and oxygen atoms in total. The van der Waals surface area contributed by atoms with Crippen molar-refractivity contribution in [3.8, 4) is 0 Å². The Bertz CT molecular complexity index is 210. The number of carbonyl (C=O) groups is 1. The maximum Gasteiger partial charge on any atom is 0.315 e. The molecule has 88 valence electrons. The SMILES string of the molecule is CCCNC(=O)NC1(C)CCC(N)CC1. The van der Waals surface area contributed by atoms with Gasteiger partial charge in [0.1, 0.15) is 0 Å². The first kappa shape index (κ1) is 12.3. The van der Waals surface area contributed by atoms with Crippen molar-refractivity contribution in [2.75, 3.05) is 6.54 Å². The fourth-order valence-electron chi connectivity index (χ4n) is 1.96. The van der Waals surface area contributed by atoms with Crippen molar-refractivity contribution in [3.63, 3.8) is 0 Å². The van der Waals surface area contributed by atoms with E-state index in [1.165, 1.54) is 0 Å². The van der Waals surface area contributed by atoms with Crippen molar-refractivity contribution >= 4 is 6.03 Å². The van der Waals surface area contributed by atoms with Crippen LogP contribution in [0.1, 0.15) is 46.0 Å². The highest BCUT2D eigenvalue weighted by Gasteiger charge is 2.30. The zero-order chi connectivity index (χ0) is 11.3. The number of hydrogen-bond acceptors (Lipinski definition) is 2. The molecular weight excluding hydrogens is 190 g/mol. The minimum Gasteiger partial charge on any atom is -0.338 e. The van der Waals surface area contributed by atoms with E-state index in [2.05, 4.69) is 17.6 Å². The molecule has 4 N–H and O–H groups in total. The second-order valence-electron chi connectivity index (χ2n) is 4.78. The first-order valence-corrected chi connectivity index (χ1v) is 5.87. The van der Waals surface area contributed by atoms with E-state index in [1.54, 1.807) is 0 Å². The van der Waals surface area contributed by atoms with Crippen LogP contribution in [-0.4, -0.2) is 24.2 Å². The number of urea groups is 1. The third-order valence-corrected chi connectivity index (χ3v) is 3.08. The molecule has 0 heterocycles. The minimum atomic E-state index is -0.0618. The van der Waals surface area contributed by atoms with Gasteiger partial charge in [0.15, 0.2) is 0 Å². The molecule has 0 bridgehead atoms. The van der Waals surface area contributed by atoms with Crippen LogP contribution in [0.5, 0.6) is 0 Å². The van der Waals surface area contributed by atoms with Gasteiger partial charge in [0.2, 0.25) is 0 Å². The van der Waals surface area contributed by atoms with E-state index in [-0.39, 0.29) is 11.6 Å². The summed E-state index contributed by atoms with van der Waals surface area (Å²) in [5, 5.41) is 5.88. The highest BCUT2D eigenvalue weighted by molar-refractivity contribution is 5.74. The highest BCUT2D eigenvalue weighted by atomic mass is 16.2. The van der Waals surface area contributed by atoms with Crippen LogP contribution in [0.15, 0.2) is 0 Å². The molecule has 2 amide bonds. The predicted molar refractivity (Wildman–Crippen MR) is 61.7 cm³/mol. The molecule has 0 radical (unpaired) electrons. The van der Waals surface area contributed by atoms with Gasteiger partial charge < -0.3 is 16.4 Å². The average molecular weight is 213 g/mol. The lowest BCUT2D eigenvalue weighted by Crippen LogP contribution is -2.53. The summed E-state index contributed by atoms with van der Waals surface area (Å²) >= 11 is 0. The highest BCUT2D eigenvalue weighted by Crippen LogP contribution is 2.26. The van der Waals surface area contributed by atoms with Crippen LogP contribution < -0.4 is 16.4 Å². The molecule has 0 saturated heterocycles. The number of nitrogens with one attached hydrogen (secondary N) is 2. The third kappa shape index (κ3) is 4.08. The number of nitrogens with two attached hydrogens (primary N) is 1. The Morgan fingerprint density at radius 3 is 2.60 bits per heavy atom. The summed E-state index contributed by atoms with van der Waals surface area (Å²) in [6.07, 6.45) is 4.94. The summed E-state index contributed by atoms with van der Waals surface area (Å²) in [7, 11) is 0. The lowest BCUT2D eigenvalue weighted by atomic mass is 9.81. The van der Waals surface area contributed by atoms with Crippen molar-refractivity contribution in [2.24, 2.45) is 5.73 Å². The maximum absolute atomic E-state index is 11.5. The standard InChI is InChI=1S/C11H23N3O/c1-3-8-13-10(15)14-11(2)6-4-9(12)5-7-11/h9H,3-8,12H2,1-2H3,(H2,13,14,15). The summed E-state index contributed by atoms with van der Waals surface area (Å²) in [5.74, 6) is 0. The van der Waals surface area contributed by atoms with E-state index in [0.717, 1.165) is 38.6 Å². The number of rotatable bonds is 3. The van der Waals surface area contributed by atoms with Crippen LogP contribution in [0.2, 0.25) is 0 Å². The summed E-state index contributed by atoms with van der Waals surface area (Å²) in [6.45, 7) is 4.88. The van der Waals surface area contributed by atoms with Crippen LogP contribution >= 0.6 is 0 Å². The van der Waals surface area contributed by atoms with Crippen molar-refractivity contribution < 1.29 is 4.79 Å². The molecular formula is C11H23N3O. The molecule has 0 spiro atoms. The van der Waals surface area contributed by atoms with Crippen LogP contribution in [-0.2, 0) is 0 Å². The fourth-order valence-corrected chi connectivity index (χ4v) is 1.96. The average Bonchev–Trinajstić information content (AvgIpc) is 2.20. The molecule has 1 aliphatic carbocycles. The van der Waals surface area contributed by atoms with Crippen LogP contribution in [0, 0.1) is 0 Å². The largest absolute Gasteiger partial charge is 0.338 e. The molecule has 0 aliphatic heterocycles. The van der Waals surface area contributed by atoms with E-state index >= 15 is 0 Å². The summed E-state index contributed by atoms with van der Waals surface area (Å²) < 4.78 is 0. The molecule has 0 aromatic heterocycles. The van der Waals surface area contributed by atoms with Crippen molar-refractivity contribution in [1.29, 1.82) is 0 Å². The lowest BCUT2D eigenvalue weighted by Gasteiger charge is -2.36. The van der Waals surface area contributed by atoms with Gasteiger partial charge in [-0.1, -0.05) is 6.92 Å². The van der Waals surface area contributed by atoms with Crippen LogP contribution in [0.4, 0.5) is 4.79 Å². The molecule has 0 atom stereocenters. The Balaban J connectivity index is 2.32. The Morgan fingerprint density at radius 2 is 2.07 bits per heavy atom.